The second kappa shape index (κ2) is 13.3. The van der Waals surface area contributed by atoms with E-state index < -0.39 is 0 Å². The molecule has 0 atom stereocenters. The van der Waals surface area contributed by atoms with Crippen molar-refractivity contribution in [2.75, 3.05) is 31.1 Å². The topological polar surface area (TPSA) is 95.6 Å². The van der Waals surface area contributed by atoms with Crippen molar-refractivity contribution in [2.24, 2.45) is 5.92 Å². The van der Waals surface area contributed by atoms with Gasteiger partial charge in [-0.3, -0.25) is 23.9 Å². The molecule has 2 fully saturated rings. The van der Waals surface area contributed by atoms with Crippen LogP contribution in [0.3, 0.4) is 0 Å². The maximum Gasteiger partial charge on any atom is 0.309 e. The van der Waals surface area contributed by atoms with Crippen molar-refractivity contribution in [3.63, 3.8) is 0 Å². The Balaban J connectivity index is 1.71. The Hall–Kier alpha value is -3.42. The van der Waals surface area contributed by atoms with Crippen molar-refractivity contribution in [1.29, 1.82) is 5.26 Å². The van der Waals surface area contributed by atoms with Crippen molar-refractivity contribution in [3.8, 4) is 6.07 Å². The van der Waals surface area contributed by atoms with Gasteiger partial charge in [0.1, 0.15) is 21.8 Å². The van der Waals surface area contributed by atoms with Crippen LogP contribution >= 0.6 is 24.0 Å². The van der Waals surface area contributed by atoms with Gasteiger partial charge in [-0.05, 0) is 56.7 Å². The molecule has 3 heterocycles. The molecule has 1 aromatic heterocycles. The molecule has 0 N–H and O–H groups in total. The Kier molecular flexibility index (Phi) is 9.82. The summed E-state index contributed by atoms with van der Waals surface area (Å²) in [6, 6.07) is 12.0. The zero-order valence-corrected chi connectivity index (χ0v) is 24.8. The summed E-state index contributed by atoms with van der Waals surface area (Å²) in [4.78, 5) is 43.5. The molecule has 4 rings (SSSR count). The normalized spacial score (nSPS) is 17.0. The van der Waals surface area contributed by atoms with Crippen LogP contribution < -0.4 is 10.5 Å². The second-order valence-corrected chi connectivity index (χ2v) is 11.6. The molecule has 10 heteroatoms. The number of ether oxygens (including phenoxy) is 1. The molecule has 210 valence electrons. The number of anilines is 1. The Morgan fingerprint density at radius 2 is 1.88 bits per heavy atom. The maximum absolute atomic E-state index is 13.5. The minimum Gasteiger partial charge on any atom is -0.466 e. The summed E-state index contributed by atoms with van der Waals surface area (Å²) < 4.78 is 7.37. The molecule has 1 aromatic carbocycles. The molecule has 0 bridgehead atoms. The van der Waals surface area contributed by atoms with Crippen LogP contribution in [0.5, 0.6) is 0 Å². The molecule has 2 saturated heterocycles. The number of hydrogen-bond acceptors (Lipinski definition) is 8. The minimum atomic E-state index is -0.336. The maximum atomic E-state index is 13.5. The first-order valence-corrected chi connectivity index (χ1v) is 14.9. The number of thiocarbonyl (C=S) groups is 1. The monoisotopic (exact) mass is 578 g/mol. The molecule has 1 amide bonds. The molecule has 0 spiro atoms. The third-order valence-electron chi connectivity index (χ3n) is 7.32. The van der Waals surface area contributed by atoms with Gasteiger partial charge in [0.2, 0.25) is 0 Å². The van der Waals surface area contributed by atoms with Crippen molar-refractivity contribution in [2.45, 2.75) is 53.0 Å². The Bertz CT molecular complexity index is 1420. The molecule has 40 heavy (non-hydrogen) atoms. The van der Waals surface area contributed by atoms with Crippen LogP contribution in [0.25, 0.3) is 6.08 Å². The molecule has 8 nitrogen and oxygen atoms in total. The zero-order chi connectivity index (χ0) is 28.8. The predicted molar refractivity (Wildman–Crippen MR) is 162 cm³/mol. The number of hydrogen-bond donors (Lipinski definition) is 0. The number of nitrogens with zero attached hydrogens (tertiary/aromatic N) is 4. The Labute approximate surface area is 244 Å². The third kappa shape index (κ3) is 6.16. The van der Waals surface area contributed by atoms with Gasteiger partial charge in [-0.2, -0.15) is 5.26 Å². The van der Waals surface area contributed by atoms with Crippen LogP contribution in [0.1, 0.15) is 55.4 Å². The largest absolute Gasteiger partial charge is 0.466 e. The first-order valence-electron chi connectivity index (χ1n) is 13.7. The van der Waals surface area contributed by atoms with Crippen LogP contribution in [0.2, 0.25) is 0 Å². The zero-order valence-electron chi connectivity index (χ0n) is 23.1. The van der Waals surface area contributed by atoms with E-state index in [2.05, 4.69) is 11.0 Å². The van der Waals surface area contributed by atoms with Gasteiger partial charge in [-0.15, -0.1) is 0 Å². The van der Waals surface area contributed by atoms with Gasteiger partial charge >= 0.3 is 5.97 Å². The number of piperidine rings is 1. The van der Waals surface area contributed by atoms with Crippen molar-refractivity contribution in [3.05, 3.63) is 67.8 Å². The number of pyridine rings is 1. The summed E-state index contributed by atoms with van der Waals surface area (Å²) in [5.41, 5.74) is 2.07. The molecule has 2 aromatic rings. The van der Waals surface area contributed by atoms with Gasteiger partial charge in [0, 0.05) is 31.7 Å². The van der Waals surface area contributed by atoms with E-state index in [1.807, 2.05) is 37.3 Å². The van der Waals surface area contributed by atoms with Gasteiger partial charge in [0.05, 0.1) is 17.4 Å². The van der Waals surface area contributed by atoms with Crippen molar-refractivity contribution in [1.82, 2.24) is 9.47 Å². The number of nitriles is 1. The Morgan fingerprint density at radius 3 is 2.50 bits per heavy atom. The highest BCUT2D eigenvalue weighted by Gasteiger charge is 2.34. The fourth-order valence-electron chi connectivity index (χ4n) is 5.21. The fourth-order valence-corrected chi connectivity index (χ4v) is 6.50. The number of amides is 1. The van der Waals surface area contributed by atoms with E-state index >= 15 is 0 Å². The van der Waals surface area contributed by atoms with Gasteiger partial charge in [-0.1, -0.05) is 61.2 Å². The number of carbonyl (C=O) groups is 2. The van der Waals surface area contributed by atoms with E-state index in [0.29, 0.717) is 84.6 Å². The lowest BCUT2D eigenvalue weighted by molar-refractivity contribution is -0.148. The van der Waals surface area contributed by atoms with Crippen LogP contribution in [-0.2, 0) is 27.3 Å². The third-order valence-corrected chi connectivity index (χ3v) is 8.70. The minimum absolute atomic E-state index is 0.0735. The molecule has 0 radical (unpaired) electrons. The fraction of sp³-hybridized carbons (Fsp3) is 0.433. The number of benzene rings is 1. The first kappa shape index (κ1) is 29.6. The smallest absolute Gasteiger partial charge is 0.309 e. The Morgan fingerprint density at radius 1 is 1.18 bits per heavy atom. The standard InChI is InChI=1S/C30H34N4O4S2/c1-4-14-33-26(32-15-12-22(13-16-32)29(37)38-5-2)23(20(3)24(19-31)27(33)35)18-25-28(36)34(30(39)40-25)17-11-21-9-7-6-8-10-21/h6-10,18,22H,4-5,11-17H2,1-3H3/b25-18-. The lowest BCUT2D eigenvalue weighted by atomic mass is 9.95. The summed E-state index contributed by atoms with van der Waals surface area (Å²) in [6.45, 7) is 7.88. The highest BCUT2D eigenvalue weighted by atomic mass is 32.2. The van der Waals surface area contributed by atoms with Crippen LogP contribution in [0.4, 0.5) is 5.82 Å². The molecule has 2 aliphatic heterocycles. The molecule has 0 saturated carbocycles. The van der Waals surface area contributed by atoms with E-state index in [0.717, 1.165) is 5.56 Å². The lowest BCUT2D eigenvalue weighted by Gasteiger charge is -2.35. The van der Waals surface area contributed by atoms with E-state index in [1.165, 1.54) is 11.8 Å². The lowest BCUT2D eigenvalue weighted by Crippen LogP contribution is -2.41. The van der Waals surface area contributed by atoms with Gasteiger partial charge < -0.3 is 9.64 Å². The van der Waals surface area contributed by atoms with Gasteiger partial charge in [0.25, 0.3) is 11.5 Å². The highest BCUT2D eigenvalue weighted by molar-refractivity contribution is 8.26. The van der Waals surface area contributed by atoms with E-state index in [9.17, 15) is 19.6 Å². The second-order valence-electron chi connectivity index (χ2n) is 9.89. The molecule has 0 unspecified atom stereocenters. The number of esters is 1. The van der Waals surface area contributed by atoms with Crippen LogP contribution in [0, 0.1) is 24.2 Å². The first-order chi connectivity index (χ1) is 19.3. The van der Waals surface area contributed by atoms with E-state index in [4.69, 9.17) is 17.0 Å². The van der Waals surface area contributed by atoms with E-state index in [-0.39, 0.29) is 28.9 Å². The predicted octanol–water partition coefficient (Wildman–Crippen LogP) is 4.66. The molecular weight excluding hydrogens is 544 g/mol. The molecular formula is C30H34N4O4S2. The summed E-state index contributed by atoms with van der Waals surface area (Å²) >= 11 is 6.82. The number of rotatable bonds is 9. The quantitative estimate of drug-likeness (QED) is 0.241. The van der Waals surface area contributed by atoms with Crippen molar-refractivity contribution >= 4 is 52.1 Å². The van der Waals surface area contributed by atoms with Crippen LogP contribution in [0.15, 0.2) is 40.0 Å². The van der Waals surface area contributed by atoms with Gasteiger partial charge in [0.15, 0.2) is 0 Å². The van der Waals surface area contributed by atoms with Crippen molar-refractivity contribution < 1.29 is 14.3 Å². The number of carbonyl (C=O) groups excluding carboxylic acids is 2. The SMILES string of the molecule is CCCn1c(N2CCC(C(=O)OCC)CC2)c(/C=C2\SC(=S)N(CCc3ccccc3)C2=O)c(C)c(C#N)c1=O. The summed E-state index contributed by atoms with van der Waals surface area (Å²) in [7, 11) is 0. The van der Waals surface area contributed by atoms with E-state index in [1.54, 1.807) is 29.4 Å². The molecule has 0 aliphatic carbocycles. The highest BCUT2D eigenvalue weighted by Crippen LogP contribution is 2.37. The average molecular weight is 579 g/mol. The summed E-state index contributed by atoms with van der Waals surface area (Å²) in [5.74, 6) is 0.124. The number of aromatic nitrogens is 1. The number of thioether (sulfide) groups is 1. The van der Waals surface area contributed by atoms with Crippen LogP contribution in [-0.4, -0.2) is 51.9 Å². The van der Waals surface area contributed by atoms with Gasteiger partial charge in [-0.25, -0.2) is 0 Å². The molecule has 2 aliphatic rings. The summed E-state index contributed by atoms with van der Waals surface area (Å²) in [5, 5.41) is 9.89. The average Bonchev–Trinajstić information content (AvgIpc) is 3.22. The summed E-state index contributed by atoms with van der Waals surface area (Å²) in [6.07, 6.45) is 4.36.